The predicted molar refractivity (Wildman–Crippen MR) is 97.1 cm³/mol. The van der Waals surface area contributed by atoms with E-state index < -0.39 is 12.1 Å². The third kappa shape index (κ3) is 6.46. The average molecular weight is 420 g/mol. The van der Waals surface area contributed by atoms with Crippen molar-refractivity contribution < 1.29 is 37.0 Å². The number of alkyl halides is 3. The van der Waals surface area contributed by atoms with Crippen molar-refractivity contribution in [2.24, 2.45) is 5.41 Å². The Morgan fingerprint density at radius 2 is 2.00 bits per heavy atom. The third-order valence-corrected chi connectivity index (χ3v) is 5.08. The van der Waals surface area contributed by atoms with Gasteiger partial charge in [0.15, 0.2) is 0 Å². The van der Waals surface area contributed by atoms with Crippen molar-refractivity contribution in [1.29, 1.82) is 0 Å². The zero-order valence-electron chi connectivity index (χ0n) is 16.8. The van der Waals surface area contributed by atoms with Crippen molar-refractivity contribution in [3.05, 3.63) is 23.7 Å². The van der Waals surface area contributed by atoms with E-state index in [1.54, 1.807) is 19.0 Å². The number of piperidine rings is 1. The van der Waals surface area contributed by atoms with Gasteiger partial charge in [-0.15, -0.1) is 0 Å². The zero-order chi connectivity index (χ0) is 21.8. The van der Waals surface area contributed by atoms with Crippen LogP contribution in [-0.4, -0.2) is 72.9 Å². The molecule has 2 saturated heterocycles. The average Bonchev–Trinajstić information content (AvgIpc) is 3.20. The van der Waals surface area contributed by atoms with E-state index in [1.807, 2.05) is 13.0 Å². The minimum absolute atomic E-state index is 0.0932. The number of carboxylic acids is 1. The van der Waals surface area contributed by atoms with Gasteiger partial charge < -0.3 is 19.2 Å². The molecule has 1 amide bonds. The summed E-state index contributed by atoms with van der Waals surface area (Å²) in [6, 6.07) is 4.07. The standard InChI is InChI=1S/C17H26N2O3.C2HF3O2/c1-13-5-6-14(22-13)10-19-8-4-7-17(11-19)9-15(21-12-17)16(20)18(2)3;3-2(4,5)1(6)7/h5-6,15H,4,7-12H2,1-3H3;(H,6,7). The number of carbonyl (C=O) groups excluding carboxylic acids is 1. The van der Waals surface area contributed by atoms with E-state index in [9.17, 15) is 18.0 Å². The molecule has 3 rings (SSSR count). The van der Waals surface area contributed by atoms with Crippen molar-refractivity contribution in [3.63, 3.8) is 0 Å². The quantitative estimate of drug-likeness (QED) is 0.810. The van der Waals surface area contributed by atoms with Gasteiger partial charge in [0.25, 0.3) is 5.91 Å². The van der Waals surface area contributed by atoms with Gasteiger partial charge in [-0.1, -0.05) is 0 Å². The highest BCUT2D eigenvalue weighted by Crippen LogP contribution is 2.41. The first-order chi connectivity index (χ1) is 13.4. The van der Waals surface area contributed by atoms with E-state index in [0.29, 0.717) is 6.61 Å². The minimum atomic E-state index is -5.08. The van der Waals surface area contributed by atoms with E-state index in [1.165, 1.54) is 0 Å². The predicted octanol–water partition coefficient (Wildman–Crippen LogP) is 2.68. The van der Waals surface area contributed by atoms with Gasteiger partial charge in [0.2, 0.25) is 0 Å². The molecule has 0 aromatic carbocycles. The summed E-state index contributed by atoms with van der Waals surface area (Å²) in [6.45, 7) is 5.61. The number of ether oxygens (including phenoxy) is 1. The summed E-state index contributed by atoms with van der Waals surface area (Å²) in [5.41, 5.74) is 0.135. The largest absolute Gasteiger partial charge is 0.490 e. The fraction of sp³-hybridized carbons (Fsp3) is 0.684. The summed E-state index contributed by atoms with van der Waals surface area (Å²) < 4.78 is 43.3. The van der Waals surface area contributed by atoms with Gasteiger partial charge in [0.1, 0.15) is 17.6 Å². The van der Waals surface area contributed by atoms with E-state index in [0.717, 1.165) is 50.4 Å². The Balaban J connectivity index is 0.000000370. The van der Waals surface area contributed by atoms with Crippen molar-refractivity contribution in [3.8, 4) is 0 Å². The lowest BCUT2D eigenvalue weighted by Crippen LogP contribution is -2.43. The summed E-state index contributed by atoms with van der Waals surface area (Å²) in [4.78, 5) is 25.1. The van der Waals surface area contributed by atoms with Gasteiger partial charge >= 0.3 is 12.1 Å². The minimum Gasteiger partial charge on any atom is -0.475 e. The molecule has 1 N–H and O–H groups in total. The van der Waals surface area contributed by atoms with E-state index in [-0.39, 0.29) is 17.4 Å². The molecule has 3 heterocycles. The lowest BCUT2D eigenvalue weighted by Gasteiger charge is -2.39. The number of furan rings is 1. The number of aryl methyl sites for hydroxylation is 1. The van der Waals surface area contributed by atoms with Crippen molar-refractivity contribution in [1.82, 2.24) is 9.80 Å². The van der Waals surface area contributed by atoms with Crippen LogP contribution in [0.5, 0.6) is 0 Å². The molecule has 0 aliphatic carbocycles. The molecule has 0 bridgehead atoms. The Bertz CT molecular complexity index is 719. The number of nitrogens with zero attached hydrogens (tertiary/aromatic N) is 2. The van der Waals surface area contributed by atoms with E-state index in [2.05, 4.69) is 11.0 Å². The monoisotopic (exact) mass is 420 g/mol. The molecule has 10 heteroatoms. The maximum atomic E-state index is 12.1. The van der Waals surface area contributed by atoms with Crippen molar-refractivity contribution >= 4 is 11.9 Å². The maximum Gasteiger partial charge on any atom is 0.490 e. The van der Waals surface area contributed by atoms with Crippen LogP contribution in [0.3, 0.4) is 0 Å². The Morgan fingerprint density at radius 3 is 2.52 bits per heavy atom. The molecule has 1 spiro atoms. The highest BCUT2D eigenvalue weighted by Gasteiger charge is 2.45. The Hall–Kier alpha value is -2.07. The molecule has 1 aromatic heterocycles. The van der Waals surface area contributed by atoms with E-state index >= 15 is 0 Å². The van der Waals surface area contributed by atoms with Crippen LogP contribution < -0.4 is 0 Å². The Morgan fingerprint density at radius 1 is 1.34 bits per heavy atom. The molecular weight excluding hydrogens is 393 g/mol. The Labute approximate surface area is 167 Å². The van der Waals surface area contributed by atoms with Crippen LogP contribution in [0.1, 0.15) is 30.8 Å². The van der Waals surface area contributed by atoms with Crippen LogP contribution >= 0.6 is 0 Å². The summed E-state index contributed by atoms with van der Waals surface area (Å²) >= 11 is 0. The summed E-state index contributed by atoms with van der Waals surface area (Å²) in [6.07, 6.45) is -2.19. The molecule has 164 valence electrons. The number of carbonyl (C=O) groups is 2. The molecule has 2 aliphatic heterocycles. The molecule has 29 heavy (non-hydrogen) atoms. The number of halogens is 3. The number of likely N-dealkylation sites (tertiary alicyclic amines) is 1. The number of amides is 1. The molecule has 2 aliphatic rings. The van der Waals surface area contributed by atoms with E-state index in [4.69, 9.17) is 19.1 Å². The molecule has 1 aromatic rings. The van der Waals surface area contributed by atoms with Crippen molar-refractivity contribution in [2.75, 3.05) is 33.8 Å². The number of rotatable bonds is 3. The maximum absolute atomic E-state index is 12.1. The fourth-order valence-electron chi connectivity index (χ4n) is 3.76. The number of hydrogen-bond acceptors (Lipinski definition) is 5. The van der Waals surface area contributed by atoms with Gasteiger partial charge in [-0.25, -0.2) is 4.79 Å². The van der Waals surface area contributed by atoms with Crippen LogP contribution in [0.4, 0.5) is 13.2 Å². The van der Waals surface area contributed by atoms with Gasteiger partial charge in [-0.05, 0) is 44.9 Å². The SMILES string of the molecule is Cc1ccc(CN2CCCC3(COC(C(=O)N(C)C)C3)C2)o1.O=C(O)C(F)(F)F. The summed E-state index contributed by atoms with van der Waals surface area (Å²) in [7, 11) is 3.59. The molecule has 2 atom stereocenters. The topological polar surface area (TPSA) is 83.2 Å². The van der Waals surface area contributed by atoms with Gasteiger partial charge in [-0.3, -0.25) is 9.69 Å². The van der Waals surface area contributed by atoms with Gasteiger partial charge in [0.05, 0.1) is 13.2 Å². The van der Waals surface area contributed by atoms with Gasteiger partial charge in [0, 0.05) is 26.1 Å². The van der Waals surface area contributed by atoms with Crippen molar-refractivity contribution in [2.45, 2.75) is 45.0 Å². The zero-order valence-corrected chi connectivity index (χ0v) is 16.8. The first kappa shape index (κ1) is 23.2. The molecule has 2 fully saturated rings. The first-order valence-corrected chi connectivity index (χ1v) is 9.32. The lowest BCUT2D eigenvalue weighted by molar-refractivity contribution is -0.192. The normalized spacial score (nSPS) is 24.8. The second kappa shape index (κ2) is 9.17. The van der Waals surface area contributed by atoms with Crippen LogP contribution in [0.15, 0.2) is 16.5 Å². The summed E-state index contributed by atoms with van der Waals surface area (Å²) in [5, 5.41) is 7.12. The molecule has 7 nitrogen and oxygen atoms in total. The Kier molecular flexibility index (Phi) is 7.34. The molecule has 2 unspecified atom stereocenters. The second-order valence-electron chi connectivity index (χ2n) is 7.87. The number of aliphatic carboxylic acids is 1. The number of carboxylic acid groups (broad SMARTS) is 1. The van der Waals surface area contributed by atoms with Crippen LogP contribution in [0.25, 0.3) is 0 Å². The number of hydrogen-bond donors (Lipinski definition) is 1. The highest BCUT2D eigenvalue weighted by atomic mass is 19.4. The fourth-order valence-corrected chi connectivity index (χ4v) is 3.76. The van der Waals surface area contributed by atoms with Crippen LogP contribution in [-0.2, 0) is 20.9 Å². The summed E-state index contributed by atoms with van der Waals surface area (Å²) in [5.74, 6) is -0.680. The lowest BCUT2D eigenvalue weighted by atomic mass is 9.78. The van der Waals surface area contributed by atoms with Gasteiger partial charge in [-0.2, -0.15) is 13.2 Å². The second-order valence-corrected chi connectivity index (χ2v) is 7.87. The van der Waals surface area contributed by atoms with Crippen LogP contribution in [0, 0.1) is 12.3 Å². The molecule has 0 radical (unpaired) electrons. The van der Waals surface area contributed by atoms with Crippen LogP contribution in [0.2, 0.25) is 0 Å². The number of likely N-dealkylation sites (N-methyl/N-ethyl adjacent to an activating group) is 1. The highest BCUT2D eigenvalue weighted by molar-refractivity contribution is 5.80. The third-order valence-electron chi connectivity index (χ3n) is 5.08. The smallest absolute Gasteiger partial charge is 0.475 e. The first-order valence-electron chi connectivity index (χ1n) is 9.32. The molecular formula is C19H27F3N2O5. The molecule has 0 saturated carbocycles.